The lowest BCUT2D eigenvalue weighted by Crippen LogP contribution is -2.34. The van der Waals surface area contributed by atoms with Gasteiger partial charge in [-0.25, -0.2) is 4.39 Å². The predicted molar refractivity (Wildman–Crippen MR) is 93.6 cm³/mol. The van der Waals surface area contributed by atoms with Gasteiger partial charge in [-0.3, -0.25) is 4.79 Å². The number of piperidine rings is 1. The van der Waals surface area contributed by atoms with Crippen LogP contribution in [0.15, 0.2) is 12.1 Å². The van der Waals surface area contributed by atoms with Gasteiger partial charge in [-0.1, -0.05) is 0 Å². The quantitative estimate of drug-likeness (QED) is 0.672. The molecule has 1 aromatic carbocycles. The second-order valence-corrected chi connectivity index (χ2v) is 6.39. The van der Waals surface area contributed by atoms with E-state index in [9.17, 15) is 9.18 Å². The van der Waals surface area contributed by atoms with Crippen LogP contribution in [0, 0.1) is 11.7 Å². The van der Waals surface area contributed by atoms with Crippen molar-refractivity contribution in [2.24, 2.45) is 5.92 Å². The summed E-state index contributed by atoms with van der Waals surface area (Å²) in [7, 11) is 2.08. The second kappa shape index (κ2) is 9.61. The van der Waals surface area contributed by atoms with E-state index < -0.39 is 11.8 Å². The summed E-state index contributed by atoms with van der Waals surface area (Å²) >= 11 is 0. The van der Waals surface area contributed by atoms with Gasteiger partial charge in [0.25, 0.3) is 0 Å². The number of halogens is 1. The molecule has 0 aromatic heterocycles. The summed E-state index contributed by atoms with van der Waals surface area (Å²) in [6.45, 7) is 6.79. The van der Waals surface area contributed by atoms with Crippen molar-refractivity contribution in [2.45, 2.75) is 33.1 Å². The van der Waals surface area contributed by atoms with Gasteiger partial charge in [-0.05, 0) is 46.3 Å². The largest absolute Gasteiger partial charge is 0.494 e. The summed E-state index contributed by atoms with van der Waals surface area (Å²) < 4.78 is 30.9. The minimum absolute atomic E-state index is 0.136. The van der Waals surface area contributed by atoms with Gasteiger partial charge in [0.15, 0.2) is 11.6 Å². The third-order valence-electron chi connectivity index (χ3n) is 4.24. The molecule has 5 nitrogen and oxygen atoms in total. The van der Waals surface area contributed by atoms with Crippen LogP contribution in [0.4, 0.5) is 4.39 Å². The molecule has 0 N–H and O–H groups in total. The van der Waals surface area contributed by atoms with Gasteiger partial charge in [-0.15, -0.1) is 0 Å². The van der Waals surface area contributed by atoms with E-state index in [-0.39, 0.29) is 24.3 Å². The third-order valence-corrected chi connectivity index (χ3v) is 4.24. The van der Waals surface area contributed by atoms with E-state index in [2.05, 4.69) is 11.9 Å². The highest BCUT2D eigenvalue weighted by atomic mass is 19.1. The molecule has 140 valence electrons. The van der Waals surface area contributed by atoms with Crippen molar-refractivity contribution in [3.63, 3.8) is 0 Å². The number of likely N-dealkylation sites (tertiary alicyclic amines) is 1. The fourth-order valence-electron chi connectivity index (χ4n) is 3.10. The Balaban J connectivity index is 2.11. The third kappa shape index (κ3) is 5.88. The number of rotatable bonds is 8. The molecule has 0 bridgehead atoms. The lowest BCUT2D eigenvalue weighted by Gasteiger charge is -2.29. The molecule has 0 spiro atoms. The lowest BCUT2D eigenvalue weighted by molar-refractivity contribution is -0.142. The Kier molecular flexibility index (Phi) is 7.50. The van der Waals surface area contributed by atoms with Crippen LogP contribution in [-0.2, 0) is 16.0 Å². The zero-order chi connectivity index (χ0) is 18.2. The minimum Gasteiger partial charge on any atom is -0.494 e. The zero-order valence-corrected chi connectivity index (χ0v) is 15.3. The number of hydrogen-bond donors (Lipinski definition) is 0. The average Bonchev–Trinajstić information content (AvgIpc) is 2.57. The molecule has 1 fully saturated rings. The van der Waals surface area contributed by atoms with Crippen molar-refractivity contribution < 1.29 is 23.4 Å². The average molecular weight is 353 g/mol. The topological polar surface area (TPSA) is 48.0 Å². The van der Waals surface area contributed by atoms with Crippen molar-refractivity contribution in [3.05, 3.63) is 23.5 Å². The van der Waals surface area contributed by atoms with Crippen LogP contribution in [0.3, 0.4) is 0 Å². The standard InChI is InChI=1S/C19H28FNO4/c1-4-23-16-9-15(10-18(22)24-5-2)19(20)17(11-16)25-13-14-7-6-8-21(3)12-14/h9,11,14H,4-8,10,12-13H2,1-3H3. The summed E-state index contributed by atoms with van der Waals surface area (Å²) in [5, 5.41) is 0. The maximum Gasteiger partial charge on any atom is 0.310 e. The van der Waals surface area contributed by atoms with Crippen LogP contribution < -0.4 is 9.47 Å². The Bertz CT molecular complexity index is 579. The van der Waals surface area contributed by atoms with E-state index in [1.807, 2.05) is 6.92 Å². The van der Waals surface area contributed by atoms with E-state index in [0.717, 1.165) is 25.9 Å². The highest BCUT2D eigenvalue weighted by Gasteiger charge is 2.20. The number of ether oxygens (including phenoxy) is 3. The van der Waals surface area contributed by atoms with Crippen molar-refractivity contribution in [3.8, 4) is 11.5 Å². The van der Waals surface area contributed by atoms with Gasteiger partial charge < -0.3 is 19.1 Å². The Hall–Kier alpha value is -1.82. The van der Waals surface area contributed by atoms with Gasteiger partial charge in [-0.2, -0.15) is 0 Å². The van der Waals surface area contributed by atoms with Gasteiger partial charge in [0.2, 0.25) is 0 Å². The summed E-state index contributed by atoms with van der Waals surface area (Å²) in [5.41, 5.74) is 0.236. The first-order chi connectivity index (χ1) is 12.0. The molecule has 1 atom stereocenters. The van der Waals surface area contributed by atoms with Crippen LogP contribution in [0.25, 0.3) is 0 Å². The van der Waals surface area contributed by atoms with Crippen LogP contribution in [0.2, 0.25) is 0 Å². The van der Waals surface area contributed by atoms with E-state index in [0.29, 0.717) is 24.9 Å². The van der Waals surface area contributed by atoms with Gasteiger partial charge in [0, 0.05) is 24.1 Å². The number of carbonyl (C=O) groups excluding carboxylic acids is 1. The van der Waals surface area contributed by atoms with Crippen molar-refractivity contribution in [1.82, 2.24) is 4.90 Å². The molecule has 1 aliphatic rings. The number of esters is 1. The van der Waals surface area contributed by atoms with Crippen LogP contribution in [0.5, 0.6) is 11.5 Å². The maximum absolute atomic E-state index is 14.7. The van der Waals surface area contributed by atoms with Gasteiger partial charge in [0.05, 0.1) is 26.2 Å². The van der Waals surface area contributed by atoms with Gasteiger partial charge in [0.1, 0.15) is 5.75 Å². The molecule has 1 unspecified atom stereocenters. The molecular weight excluding hydrogens is 325 g/mol. The smallest absolute Gasteiger partial charge is 0.310 e. The first kappa shape index (κ1) is 19.5. The monoisotopic (exact) mass is 353 g/mol. The highest BCUT2D eigenvalue weighted by Crippen LogP contribution is 2.29. The molecular formula is C19H28FNO4. The molecule has 0 radical (unpaired) electrons. The molecule has 2 rings (SSSR count). The fourth-order valence-corrected chi connectivity index (χ4v) is 3.10. The summed E-state index contributed by atoms with van der Waals surface area (Å²) in [5.74, 6) is 0.0374. The number of hydrogen-bond acceptors (Lipinski definition) is 5. The van der Waals surface area contributed by atoms with Gasteiger partial charge >= 0.3 is 5.97 Å². The second-order valence-electron chi connectivity index (χ2n) is 6.39. The fraction of sp³-hybridized carbons (Fsp3) is 0.632. The molecule has 1 aromatic rings. The first-order valence-corrected chi connectivity index (χ1v) is 8.95. The summed E-state index contributed by atoms with van der Waals surface area (Å²) in [4.78, 5) is 14.0. The molecule has 6 heteroatoms. The molecule has 1 heterocycles. The minimum atomic E-state index is -0.513. The Morgan fingerprint density at radius 2 is 2.08 bits per heavy atom. The van der Waals surface area contributed by atoms with E-state index in [4.69, 9.17) is 14.2 Å². The highest BCUT2D eigenvalue weighted by molar-refractivity contribution is 5.73. The maximum atomic E-state index is 14.7. The van der Waals surface area contributed by atoms with Crippen molar-refractivity contribution in [1.29, 1.82) is 0 Å². The Morgan fingerprint density at radius 1 is 1.28 bits per heavy atom. The molecule has 0 amide bonds. The molecule has 0 saturated carbocycles. The molecule has 25 heavy (non-hydrogen) atoms. The molecule has 1 saturated heterocycles. The lowest BCUT2D eigenvalue weighted by atomic mass is 9.99. The molecule has 1 aliphatic heterocycles. The van der Waals surface area contributed by atoms with Crippen LogP contribution in [-0.4, -0.2) is 50.8 Å². The summed E-state index contributed by atoms with van der Waals surface area (Å²) in [6, 6.07) is 3.09. The first-order valence-electron chi connectivity index (χ1n) is 8.95. The summed E-state index contributed by atoms with van der Waals surface area (Å²) in [6.07, 6.45) is 2.07. The van der Waals surface area contributed by atoms with Crippen molar-refractivity contribution >= 4 is 5.97 Å². The molecule has 0 aliphatic carbocycles. The zero-order valence-electron chi connectivity index (χ0n) is 15.3. The van der Waals surface area contributed by atoms with Crippen LogP contribution >= 0.6 is 0 Å². The number of nitrogens with zero attached hydrogens (tertiary/aromatic N) is 1. The van der Waals surface area contributed by atoms with Crippen LogP contribution in [0.1, 0.15) is 32.3 Å². The van der Waals surface area contributed by atoms with Crippen molar-refractivity contribution in [2.75, 3.05) is 40.0 Å². The number of carbonyl (C=O) groups is 1. The number of benzene rings is 1. The van der Waals surface area contributed by atoms with E-state index >= 15 is 0 Å². The Labute approximate surface area is 149 Å². The van der Waals surface area contributed by atoms with E-state index in [1.165, 1.54) is 6.07 Å². The SMILES string of the molecule is CCOC(=O)Cc1cc(OCC)cc(OCC2CCCN(C)C2)c1F. The predicted octanol–water partition coefficient (Wildman–Crippen LogP) is 3.05. The Morgan fingerprint density at radius 3 is 2.76 bits per heavy atom. The normalized spacial score (nSPS) is 18.0. The van der Waals surface area contributed by atoms with E-state index in [1.54, 1.807) is 13.0 Å².